The Morgan fingerprint density at radius 1 is 1.17 bits per heavy atom. The van der Waals surface area contributed by atoms with Gasteiger partial charge in [0.25, 0.3) is 5.69 Å². The molecule has 3 aliphatic carbocycles. The second-order valence-electron chi connectivity index (χ2n) is 9.31. The van der Waals surface area contributed by atoms with Crippen LogP contribution >= 0.6 is 0 Å². The highest BCUT2D eigenvalue weighted by atomic mass is 16.6. The summed E-state index contributed by atoms with van der Waals surface area (Å²) in [6, 6.07) is 12.2. The lowest BCUT2D eigenvalue weighted by Gasteiger charge is -2.48. The van der Waals surface area contributed by atoms with Crippen LogP contribution in [-0.2, 0) is 11.2 Å². The van der Waals surface area contributed by atoms with Crippen molar-refractivity contribution in [2.75, 3.05) is 0 Å². The largest absolute Gasteiger partial charge is 0.508 e. The predicted octanol–water partition coefficient (Wildman–Crippen LogP) is 5.42. The molecule has 2 aromatic carbocycles. The number of fused-ring (bicyclic) bond motifs is 5. The van der Waals surface area contributed by atoms with Crippen LogP contribution in [0.5, 0.6) is 5.75 Å². The van der Waals surface area contributed by atoms with E-state index in [4.69, 9.17) is 0 Å². The minimum absolute atomic E-state index is 0.0604. The molecule has 0 amide bonds. The van der Waals surface area contributed by atoms with Gasteiger partial charge in [-0.3, -0.25) is 14.9 Å². The number of hydrogen-bond acceptors (Lipinski definition) is 4. The van der Waals surface area contributed by atoms with Crippen molar-refractivity contribution in [3.63, 3.8) is 0 Å². The molecular formula is C25H25NO4. The molecule has 0 bridgehead atoms. The maximum absolute atomic E-state index is 13.4. The van der Waals surface area contributed by atoms with E-state index >= 15 is 0 Å². The molecule has 0 aromatic heterocycles. The molecule has 5 nitrogen and oxygen atoms in total. The molecule has 0 saturated heterocycles. The van der Waals surface area contributed by atoms with Gasteiger partial charge in [0.15, 0.2) is 5.78 Å². The maximum Gasteiger partial charge on any atom is 0.269 e. The number of Topliss-reactive ketones (excluding diaryl/α,β-unsaturated/α-hetero) is 1. The van der Waals surface area contributed by atoms with Gasteiger partial charge in [-0.05, 0) is 102 Å². The molecule has 30 heavy (non-hydrogen) atoms. The molecule has 0 aliphatic heterocycles. The van der Waals surface area contributed by atoms with Gasteiger partial charge in [0.2, 0.25) is 0 Å². The van der Waals surface area contributed by atoms with Crippen LogP contribution in [0, 0.1) is 27.4 Å². The van der Waals surface area contributed by atoms with Crippen molar-refractivity contribution in [2.45, 2.75) is 44.9 Å². The van der Waals surface area contributed by atoms with E-state index < -0.39 is 4.92 Å². The van der Waals surface area contributed by atoms with Gasteiger partial charge < -0.3 is 5.11 Å². The summed E-state index contributed by atoms with van der Waals surface area (Å²) in [5.41, 5.74) is 4.05. The van der Waals surface area contributed by atoms with Gasteiger partial charge in [-0.1, -0.05) is 13.0 Å². The van der Waals surface area contributed by atoms with Crippen molar-refractivity contribution in [2.24, 2.45) is 17.3 Å². The lowest BCUT2D eigenvalue weighted by molar-refractivity contribution is -0.384. The molecule has 4 unspecified atom stereocenters. The average molecular weight is 403 g/mol. The lowest BCUT2D eigenvalue weighted by atomic mass is 9.55. The van der Waals surface area contributed by atoms with Crippen molar-refractivity contribution in [3.05, 3.63) is 74.8 Å². The van der Waals surface area contributed by atoms with E-state index in [1.165, 1.54) is 23.3 Å². The molecule has 154 valence electrons. The van der Waals surface area contributed by atoms with E-state index in [0.29, 0.717) is 23.5 Å². The minimum atomic E-state index is -0.409. The Bertz CT molecular complexity index is 1070. The van der Waals surface area contributed by atoms with E-state index in [9.17, 15) is 20.0 Å². The van der Waals surface area contributed by atoms with E-state index in [1.807, 2.05) is 12.1 Å². The van der Waals surface area contributed by atoms with Gasteiger partial charge in [-0.25, -0.2) is 0 Å². The van der Waals surface area contributed by atoms with Gasteiger partial charge in [0.1, 0.15) is 5.75 Å². The predicted molar refractivity (Wildman–Crippen MR) is 114 cm³/mol. The van der Waals surface area contributed by atoms with Gasteiger partial charge in [0, 0.05) is 17.5 Å². The molecule has 0 spiro atoms. The first-order valence-electron chi connectivity index (χ1n) is 10.7. The minimum Gasteiger partial charge on any atom is -0.508 e. The van der Waals surface area contributed by atoms with Crippen molar-refractivity contribution < 1.29 is 14.8 Å². The SMILES string of the molecule is CC12CCC3c4ccc(O)cc4CCC3C1CC(=Cc1ccc([N+](=O)[O-])cc1)C2=O. The third kappa shape index (κ3) is 2.87. The normalized spacial score (nSPS) is 31.2. The number of carbonyl (C=O) groups is 1. The fraction of sp³-hybridized carbons (Fsp3) is 0.400. The van der Waals surface area contributed by atoms with Crippen molar-refractivity contribution in [3.8, 4) is 5.75 Å². The third-order valence-corrected chi connectivity index (χ3v) is 7.79. The van der Waals surface area contributed by atoms with Gasteiger partial charge in [-0.15, -0.1) is 0 Å². The fourth-order valence-electron chi connectivity index (χ4n) is 6.26. The number of nitro benzene ring substituents is 1. The van der Waals surface area contributed by atoms with Gasteiger partial charge in [0.05, 0.1) is 4.92 Å². The quantitative estimate of drug-likeness (QED) is 0.412. The highest BCUT2D eigenvalue weighted by Crippen LogP contribution is 2.60. The zero-order valence-electron chi connectivity index (χ0n) is 17.0. The number of aryl methyl sites for hydroxylation is 1. The Kier molecular flexibility index (Phi) is 4.31. The molecule has 3 aliphatic rings. The van der Waals surface area contributed by atoms with Crippen LogP contribution < -0.4 is 0 Å². The topological polar surface area (TPSA) is 80.4 Å². The molecular weight excluding hydrogens is 378 g/mol. The van der Waals surface area contributed by atoms with Crippen LogP contribution in [0.1, 0.15) is 55.2 Å². The van der Waals surface area contributed by atoms with E-state index in [1.54, 1.807) is 18.2 Å². The highest BCUT2D eigenvalue weighted by Gasteiger charge is 2.56. The monoisotopic (exact) mass is 403 g/mol. The molecule has 2 fully saturated rings. The summed E-state index contributed by atoms with van der Waals surface area (Å²) in [4.78, 5) is 23.9. The third-order valence-electron chi connectivity index (χ3n) is 7.79. The van der Waals surface area contributed by atoms with Crippen molar-refractivity contribution in [1.82, 2.24) is 0 Å². The van der Waals surface area contributed by atoms with E-state index in [2.05, 4.69) is 13.0 Å². The van der Waals surface area contributed by atoms with Crippen LogP contribution in [0.25, 0.3) is 6.08 Å². The maximum atomic E-state index is 13.4. The Balaban J connectivity index is 1.45. The van der Waals surface area contributed by atoms with Crippen molar-refractivity contribution >= 4 is 17.5 Å². The number of aromatic hydroxyl groups is 1. The molecule has 1 N–H and O–H groups in total. The second-order valence-corrected chi connectivity index (χ2v) is 9.31. The van der Waals surface area contributed by atoms with Gasteiger partial charge in [-0.2, -0.15) is 0 Å². The molecule has 4 atom stereocenters. The summed E-state index contributed by atoms with van der Waals surface area (Å²) in [6.45, 7) is 2.14. The summed E-state index contributed by atoms with van der Waals surface area (Å²) in [5, 5.41) is 20.7. The number of allylic oxidation sites excluding steroid dienone is 1. The Hall–Kier alpha value is -2.95. The summed E-state index contributed by atoms with van der Waals surface area (Å²) >= 11 is 0. The molecule has 5 rings (SSSR count). The first kappa shape index (κ1) is 19.0. The van der Waals surface area contributed by atoms with Crippen molar-refractivity contribution in [1.29, 1.82) is 0 Å². The molecule has 0 heterocycles. The first-order chi connectivity index (χ1) is 14.4. The number of nitro groups is 1. The summed E-state index contributed by atoms with van der Waals surface area (Å²) in [5.74, 6) is 1.85. The fourth-order valence-corrected chi connectivity index (χ4v) is 6.26. The van der Waals surface area contributed by atoms with Crippen LogP contribution in [0.3, 0.4) is 0 Å². The number of ketones is 1. The number of phenols is 1. The van der Waals surface area contributed by atoms with E-state index in [0.717, 1.165) is 43.2 Å². The zero-order valence-corrected chi connectivity index (χ0v) is 17.0. The van der Waals surface area contributed by atoms with Crippen LogP contribution in [0.15, 0.2) is 48.0 Å². The number of rotatable bonds is 2. The first-order valence-corrected chi connectivity index (χ1v) is 10.7. The standard InChI is InChI=1S/C25H25NO4/c1-25-11-10-21-20-9-7-19(27)13-16(20)4-8-22(21)23(25)14-17(24(25)28)12-15-2-5-18(6-3-15)26(29)30/h2-3,5-7,9,12-13,21-23,27H,4,8,10-11,14H2,1H3. The lowest BCUT2D eigenvalue weighted by Crippen LogP contribution is -2.42. The van der Waals surface area contributed by atoms with Gasteiger partial charge >= 0.3 is 0 Å². The number of benzene rings is 2. The number of hydrogen-bond donors (Lipinski definition) is 1. The summed E-state index contributed by atoms with van der Waals surface area (Å²) < 4.78 is 0. The molecule has 0 radical (unpaired) electrons. The smallest absolute Gasteiger partial charge is 0.269 e. The Labute approximate surface area is 175 Å². The summed E-state index contributed by atoms with van der Waals surface area (Å²) in [7, 11) is 0. The van der Waals surface area contributed by atoms with E-state index in [-0.39, 0.29) is 16.9 Å². The second kappa shape index (κ2) is 6.79. The van der Waals surface area contributed by atoms with Crippen LogP contribution in [0.2, 0.25) is 0 Å². The molecule has 2 aromatic rings. The zero-order chi connectivity index (χ0) is 21.0. The number of nitrogens with zero attached hydrogens (tertiary/aromatic N) is 1. The summed E-state index contributed by atoms with van der Waals surface area (Å²) in [6.07, 6.45) is 6.61. The number of non-ortho nitro benzene ring substituents is 1. The molecule has 5 heteroatoms. The average Bonchev–Trinajstić information content (AvgIpc) is 2.98. The number of phenolic OH excluding ortho intramolecular Hbond substituents is 1. The Morgan fingerprint density at radius 2 is 1.93 bits per heavy atom. The number of carbonyl (C=O) groups excluding carboxylic acids is 1. The highest BCUT2D eigenvalue weighted by molar-refractivity contribution is 6.06. The van der Waals surface area contributed by atoms with Crippen LogP contribution in [0.4, 0.5) is 5.69 Å². The Morgan fingerprint density at radius 3 is 2.67 bits per heavy atom. The van der Waals surface area contributed by atoms with Crippen LogP contribution in [-0.4, -0.2) is 15.8 Å². The molecule has 2 saturated carbocycles.